The third-order valence-electron chi connectivity index (χ3n) is 3.23. The Hall–Kier alpha value is -2.21. The fourth-order valence-electron chi connectivity index (χ4n) is 1.97. The van der Waals surface area contributed by atoms with Crippen LogP contribution in [0.5, 0.6) is 5.75 Å². The van der Waals surface area contributed by atoms with Crippen molar-refractivity contribution < 1.29 is 22.7 Å². The maximum Gasteiger partial charge on any atom is 0.416 e. The van der Waals surface area contributed by atoms with E-state index in [1.165, 1.54) is 6.92 Å². The first-order chi connectivity index (χ1) is 11.2. The highest BCUT2D eigenvalue weighted by molar-refractivity contribution is 6.33. The largest absolute Gasteiger partial charge is 0.481 e. The summed E-state index contributed by atoms with van der Waals surface area (Å²) in [6.45, 7) is 3.43. The maximum absolute atomic E-state index is 12.6. The third kappa shape index (κ3) is 4.64. The van der Waals surface area contributed by atoms with Gasteiger partial charge in [0.25, 0.3) is 5.91 Å². The first kappa shape index (κ1) is 18.1. The van der Waals surface area contributed by atoms with Crippen molar-refractivity contribution in [3.8, 4) is 5.75 Å². The van der Waals surface area contributed by atoms with Crippen molar-refractivity contribution >= 4 is 23.2 Å². The second kappa shape index (κ2) is 7.13. The Morgan fingerprint density at radius 2 is 1.92 bits per heavy atom. The van der Waals surface area contributed by atoms with Crippen LogP contribution in [0.15, 0.2) is 42.5 Å². The van der Waals surface area contributed by atoms with Gasteiger partial charge in [0.05, 0.1) is 16.3 Å². The topological polar surface area (TPSA) is 38.3 Å². The number of alkyl halides is 3. The maximum atomic E-state index is 12.6. The van der Waals surface area contributed by atoms with Crippen molar-refractivity contribution in [1.29, 1.82) is 0 Å². The molecule has 0 aromatic heterocycles. The Kier molecular flexibility index (Phi) is 5.39. The van der Waals surface area contributed by atoms with Crippen LogP contribution in [0.4, 0.5) is 18.9 Å². The minimum atomic E-state index is -4.49. The van der Waals surface area contributed by atoms with E-state index in [4.69, 9.17) is 16.3 Å². The number of hydrogen-bond donors (Lipinski definition) is 1. The number of anilines is 1. The molecule has 1 N–H and O–H groups in total. The Balaban J connectivity index is 2.06. The molecule has 0 aliphatic carbocycles. The van der Waals surface area contributed by atoms with Gasteiger partial charge in [0, 0.05) is 0 Å². The lowest BCUT2D eigenvalue weighted by Crippen LogP contribution is -2.30. The number of amides is 1. The van der Waals surface area contributed by atoms with Gasteiger partial charge in [-0.05, 0) is 49.7 Å². The van der Waals surface area contributed by atoms with Gasteiger partial charge < -0.3 is 10.1 Å². The summed E-state index contributed by atoms with van der Waals surface area (Å²) >= 11 is 5.81. The van der Waals surface area contributed by atoms with Gasteiger partial charge in [0.15, 0.2) is 6.10 Å². The standard InChI is InChI=1S/C17H15ClF3NO2/c1-10-4-3-5-13(8-10)24-11(2)16(23)22-15-7-6-12(9-14(15)18)17(19,20)21/h3-9,11H,1-2H3,(H,22,23)/t11-/m1/s1. The van der Waals surface area contributed by atoms with Crippen LogP contribution in [-0.4, -0.2) is 12.0 Å². The Morgan fingerprint density at radius 3 is 2.50 bits per heavy atom. The molecule has 0 heterocycles. The van der Waals surface area contributed by atoms with E-state index in [1.807, 2.05) is 13.0 Å². The molecule has 2 rings (SSSR count). The number of carbonyl (C=O) groups excluding carboxylic acids is 1. The molecular weight excluding hydrogens is 343 g/mol. The molecule has 0 radical (unpaired) electrons. The lowest BCUT2D eigenvalue weighted by Gasteiger charge is -2.16. The molecule has 0 aliphatic heterocycles. The average molecular weight is 358 g/mol. The van der Waals surface area contributed by atoms with E-state index in [9.17, 15) is 18.0 Å². The predicted octanol–water partition coefficient (Wildman–Crippen LogP) is 5.07. The molecule has 0 spiro atoms. The van der Waals surface area contributed by atoms with Gasteiger partial charge in [-0.25, -0.2) is 0 Å². The van der Waals surface area contributed by atoms with Gasteiger partial charge in [-0.15, -0.1) is 0 Å². The van der Waals surface area contributed by atoms with E-state index >= 15 is 0 Å². The van der Waals surface area contributed by atoms with Crippen molar-refractivity contribution in [1.82, 2.24) is 0 Å². The highest BCUT2D eigenvalue weighted by Gasteiger charge is 2.31. The third-order valence-corrected chi connectivity index (χ3v) is 3.54. The molecule has 0 fully saturated rings. The van der Waals surface area contributed by atoms with E-state index in [0.29, 0.717) is 5.75 Å². The van der Waals surface area contributed by atoms with Crippen molar-refractivity contribution in [3.63, 3.8) is 0 Å². The second-order valence-electron chi connectivity index (χ2n) is 5.26. The van der Waals surface area contributed by atoms with Gasteiger partial charge in [-0.1, -0.05) is 23.7 Å². The van der Waals surface area contributed by atoms with Gasteiger partial charge >= 0.3 is 6.18 Å². The normalized spacial score (nSPS) is 12.6. The number of rotatable bonds is 4. The Bertz CT molecular complexity index is 747. The molecule has 0 saturated heterocycles. The first-order valence-electron chi connectivity index (χ1n) is 7.08. The van der Waals surface area contributed by atoms with Crippen molar-refractivity contribution in [3.05, 3.63) is 58.6 Å². The van der Waals surface area contributed by atoms with Gasteiger partial charge in [-0.3, -0.25) is 4.79 Å². The van der Waals surface area contributed by atoms with E-state index in [1.54, 1.807) is 18.2 Å². The summed E-state index contributed by atoms with van der Waals surface area (Å²) in [7, 11) is 0. The second-order valence-corrected chi connectivity index (χ2v) is 5.67. The zero-order valence-electron chi connectivity index (χ0n) is 12.9. The van der Waals surface area contributed by atoms with Crippen molar-refractivity contribution in [2.24, 2.45) is 0 Å². The smallest absolute Gasteiger partial charge is 0.416 e. The summed E-state index contributed by atoms with van der Waals surface area (Å²) < 4.78 is 43.3. The van der Waals surface area contributed by atoms with Crippen LogP contribution in [-0.2, 0) is 11.0 Å². The number of carbonyl (C=O) groups is 1. The highest BCUT2D eigenvalue weighted by atomic mass is 35.5. The van der Waals surface area contributed by atoms with Crippen LogP contribution in [0.3, 0.4) is 0 Å². The number of hydrogen-bond acceptors (Lipinski definition) is 2. The molecule has 3 nitrogen and oxygen atoms in total. The summed E-state index contributed by atoms with van der Waals surface area (Å²) in [5.74, 6) is 0.00864. The molecule has 0 unspecified atom stereocenters. The fourth-order valence-corrected chi connectivity index (χ4v) is 2.20. The SMILES string of the molecule is Cc1cccc(O[C@H](C)C(=O)Nc2ccc(C(F)(F)F)cc2Cl)c1. The first-order valence-corrected chi connectivity index (χ1v) is 7.45. The number of nitrogens with one attached hydrogen (secondary N) is 1. The van der Waals surface area contributed by atoms with Crippen LogP contribution in [0.2, 0.25) is 5.02 Å². The van der Waals surface area contributed by atoms with Gasteiger partial charge in [0.1, 0.15) is 5.75 Å². The molecule has 1 amide bonds. The quantitative estimate of drug-likeness (QED) is 0.829. The summed E-state index contributed by atoms with van der Waals surface area (Å²) in [4.78, 5) is 12.1. The Labute approximate surface area is 142 Å². The molecule has 0 bridgehead atoms. The van der Waals surface area contributed by atoms with Crippen LogP contribution in [0.25, 0.3) is 0 Å². The van der Waals surface area contributed by atoms with E-state index in [0.717, 1.165) is 23.8 Å². The molecule has 0 saturated carbocycles. The number of halogens is 4. The van der Waals surface area contributed by atoms with Crippen LogP contribution >= 0.6 is 11.6 Å². The zero-order chi connectivity index (χ0) is 17.9. The minimum Gasteiger partial charge on any atom is -0.481 e. The lowest BCUT2D eigenvalue weighted by atomic mass is 10.2. The molecule has 7 heteroatoms. The molecule has 24 heavy (non-hydrogen) atoms. The van der Waals surface area contributed by atoms with Gasteiger partial charge in [0.2, 0.25) is 0 Å². The van der Waals surface area contributed by atoms with E-state index in [-0.39, 0.29) is 10.7 Å². The van der Waals surface area contributed by atoms with E-state index in [2.05, 4.69) is 5.32 Å². The summed E-state index contributed by atoms with van der Waals surface area (Å²) in [6.07, 6.45) is -5.33. The molecule has 2 aromatic carbocycles. The van der Waals surface area contributed by atoms with Crippen molar-refractivity contribution in [2.45, 2.75) is 26.1 Å². The molecular formula is C17H15ClF3NO2. The minimum absolute atomic E-state index is 0.0920. The Morgan fingerprint density at radius 1 is 1.21 bits per heavy atom. The predicted molar refractivity (Wildman–Crippen MR) is 86.4 cm³/mol. The fraction of sp³-hybridized carbons (Fsp3) is 0.235. The molecule has 2 aromatic rings. The summed E-state index contributed by atoms with van der Waals surface area (Å²) in [6, 6.07) is 9.90. The van der Waals surface area contributed by atoms with Crippen molar-refractivity contribution in [2.75, 3.05) is 5.32 Å². The summed E-state index contributed by atoms with van der Waals surface area (Å²) in [5, 5.41) is 2.27. The monoisotopic (exact) mass is 357 g/mol. The van der Waals surface area contributed by atoms with Crippen LogP contribution in [0, 0.1) is 6.92 Å². The lowest BCUT2D eigenvalue weighted by molar-refractivity contribution is -0.137. The van der Waals surface area contributed by atoms with Crippen LogP contribution < -0.4 is 10.1 Å². The van der Waals surface area contributed by atoms with Gasteiger partial charge in [-0.2, -0.15) is 13.2 Å². The molecule has 0 aliphatic rings. The zero-order valence-corrected chi connectivity index (χ0v) is 13.7. The highest BCUT2D eigenvalue weighted by Crippen LogP contribution is 2.33. The summed E-state index contributed by atoms with van der Waals surface area (Å²) in [5.41, 5.74) is 0.190. The number of aryl methyl sites for hydroxylation is 1. The van der Waals surface area contributed by atoms with Crippen LogP contribution in [0.1, 0.15) is 18.1 Å². The number of ether oxygens (including phenoxy) is 1. The molecule has 1 atom stereocenters. The molecule has 128 valence electrons. The van der Waals surface area contributed by atoms with E-state index < -0.39 is 23.8 Å². The average Bonchev–Trinajstić information content (AvgIpc) is 2.48. The number of benzene rings is 2.